The molecule has 7 atom stereocenters. The van der Waals surface area contributed by atoms with E-state index in [1.807, 2.05) is 120 Å². The average molecular weight is 1050 g/mol. The number of hydrogen-bond acceptors (Lipinski definition) is 8. The Bertz CT molecular complexity index is 2630. The van der Waals surface area contributed by atoms with E-state index in [1.54, 1.807) is 0 Å². The molecule has 2 aliphatic carbocycles. The number of benzene rings is 4. The van der Waals surface area contributed by atoms with Crippen molar-refractivity contribution in [1.29, 1.82) is 0 Å². The molecule has 13 heteroatoms. The molecule has 5 N–H and O–H groups in total. The molecule has 0 spiro atoms. The third kappa shape index (κ3) is 14.8. The van der Waals surface area contributed by atoms with Gasteiger partial charge in [-0.3, -0.25) is 28.8 Å². The first-order valence-electron chi connectivity index (χ1n) is 29.3. The molecule has 2 heterocycles. The fourth-order valence-corrected chi connectivity index (χ4v) is 12.7. The van der Waals surface area contributed by atoms with Crippen LogP contribution >= 0.6 is 0 Å². The topological polar surface area (TPSA) is 179 Å². The maximum absolute atomic E-state index is 14.9. The number of ketones is 1. The second-order valence-electron chi connectivity index (χ2n) is 23.6. The fourth-order valence-electron chi connectivity index (χ4n) is 12.7. The predicted octanol–water partition coefficient (Wildman–Crippen LogP) is 8.99. The third-order valence-corrected chi connectivity index (χ3v) is 17.6. The molecule has 0 radical (unpaired) electrons. The molecule has 8 rings (SSSR count). The Labute approximate surface area is 458 Å². The van der Waals surface area contributed by atoms with Gasteiger partial charge in [-0.25, -0.2) is 0 Å². The fraction of sp³-hybridized carbons (Fsp3) is 0.562. The van der Waals surface area contributed by atoms with E-state index >= 15 is 0 Å². The summed E-state index contributed by atoms with van der Waals surface area (Å²) in [5.74, 6) is -0.965. The number of amides is 5. The number of carbonyl (C=O) groups is 6. The summed E-state index contributed by atoms with van der Waals surface area (Å²) >= 11 is 0. The standard InChI is InChI=1S/C64H87N7O6/c1-5-44(4)60(73)67-59(48-24-16-9-17-25-48)64(77)71-40-54(66)37-56(71)42-69(33-31-46-20-12-7-13-21-46)62(75)52-29-27-49-34-51(28-26-50(49)35-52)61(74)68(32-30-45-18-10-6-11-19-45)41-55-36-53(65)39-70(55)63(76)57(38-58(72)43(2)3)47-22-14-8-15-23-47/h6-7,10-13,18-21,26-29,34-35,43-44,47-48,53-57,59H,5,8-9,14-17,22-25,30-33,36-42,65-66H2,1-4H3,(H,67,73)/t44-,53+,54+,55+,56+,57+,59+/m1/s1. The Morgan fingerprint density at radius 2 is 1.05 bits per heavy atom. The van der Waals surface area contributed by atoms with Crippen molar-refractivity contribution in [3.8, 4) is 0 Å². The summed E-state index contributed by atoms with van der Waals surface area (Å²) < 4.78 is 0. The smallest absolute Gasteiger partial charge is 0.253 e. The van der Waals surface area contributed by atoms with Crippen molar-refractivity contribution >= 4 is 46.1 Å². The molecular formula is C64H87N7O6. The number of nitrogens with zero attached hydrogens (tertiary/aromatic N) is 4. The molecule has 4 fully saturated rings. The van der Waals surface area contributed by atoms with Crippen LogP contribution in [0.4, 0.5) is 0 Å². The van der Waals surface area contributed by atoms with Crippen LogP contribution in [0.15, 0.2) is 97.1 Å². The van der Waals surface area contributed by atoms with Crippen LogP contribution in [-0.2, 0) is 32.0 Å². The van der Waals surface area contributed by atoms with Crippen LogP contribution in [0.1, 0.15) is 149 Å². The summed E-state index contributed by atoms with van der Waals surface area (Å²) in [6.45, 7) is 9.90. The number of nitrogens with one attached hydrogen (secondary N) is 1. The zero-order chi connectivity index (χ0) is 54.6. The Kier molecular flexibility index (Phi) is 20.2. The maximum atomic E-state index is 14.9. The van der Waals surface area contributed by atoms with Gasteiger partial charge in [-0.05, 0) is 116 Å². The van der Waals surface area contributed by atoms with Gasteiger partial charge in [-0.1, -0.05) is 139 Å². The van der Waals surface area contributed by atoms with E-state index in [0.717, 1.165) is 86.1 Å². The normalized spacial score (nSPS) is 21.4. The maximum Gasteiger partial charge on any atom is 0.253 e. The van der Waals surface area contributed by atoms with Gasteiger partial charge in [0.25, 0.3) is 11.8 Å². The first-order valence-corrected chi connectivity index (χ1v) is 29.3. The van der Waals surface area contributed by atoms with Gasteiger partial charge >= 0.3 is 0 Å². The quantitative estimate of drug-likeness (QED) is 0.0698. The van der Waals surface area contributed by atoms with Crippen LogP contribution in [-0.4, -0.2) is 124 Å². The van der Waals surface area contributed by atoms with Crippen LogP contribution < -0.4 is 16.8 Å². The highest BCUT2D eigenvalue weighted by molar-refractivity contribution is 6.02. The van der Waals surface area contributed by atoms with Gasteiger partial charge in [0.1, 0.15) is 11.8 Å². The van der Waals surface area contributed by atoms with Gasteiger partial charge in [0.15, 0.2) is 0 Å². The molecule has 13 nitrogen and oxygen atoms in total. The number of nitrogens with two attached hydrogens (primary N) is 2. The Hall–Kier alpha value is -5.92. The number of rotatable bonds is 22. The molecule has 0 aromatic heterocycles. The second kappa shape index (κ2) is 27.1. The molecule has 2 saturated carbocycles. The van der Waals surface area contributed by atoms with Crippen molar-refractivity contribution in [3.05, 3.63) is 119 Å². The molecule has 2 aliphatic heterocycles. The lowest BCUT2D eigenvalue weighted by molar-refractivity contribution is -0.142. The molecule has 2 saturated heterocycles. The summed E-state index contributed by atoms with van der Waals surface area (Å²) in [7, 11) is 0. The van der Waals surface area contributed by atoms with Crippen molar-refractivity contribution in [3.63, 3.8) is 0 Å². The van der Waals surface area contributed by atoms with Crippen molar-refractivity contribution in [2.24, 2.45) is 41.1 Å². The Morgan fingerprint density at radius 3 is 1.51 bits per heavy atom. The number of hydrogen-bond donors (Lipinski definition) is 3. The number of fused-ring (bicyclic) bond motifs is 1. The predicted molar refractivity (Wildman–Crippen MR) is 305 cm³/mol. The van der Waals surface area contributed by atoms with E-state index in [0.29, 0.717) is 82.5 Å². The first kappa shape index (κ1) is 57.3. The molecule has 0 unspecified atom stereocenters. The lowest BCUT2D eigenvalue weighted by Crippen LogP contribution is -2.56. The minimum Gasteiger partial charge on any atom is -0.344 e. The zero-order valence-corrected chi connectivity index (χ0v) is 46.5. The molecule has 4 aromatic rings. The average Bonchev–Trinajstić information content (AvgIpc) is 4.05. The summed E-state index contributed by atoms with van der Waals surface area (Å²) in [5, 5.41) is 4.80. The van der Waals surface area contributed by atoms with Gasteiger partial charge in [-0.15, -0.1) is 0 Å². The molecule has 414 valence electrons. The number of Topliss-reactive ketones (excluding diaryl/α,β-unsaturated/α-hetero) is 1. The van der Waals surface area contributed by atoms with Crippen LogP contribution in [0.2, 0.25) is 0 Å². The van der Waals surface area contributed by atoms with Gasteiger partial charge in [-0.2, -0.15) is 0 Å². The monoisotopic (exact) mass is 1050 g/mol. The van der Waals surface area contributed by atoms with E-state index in [1.165, 1.54) is 0 Å². The molecular weight excluding hydrogens is 963 g/mol. The van der Waals surface area contributed by atoms with Crippen molar-refractivity contribution in [2.45, 2.75) is 161 Å². The second-order valence-corrected chi connectivity index (χ2v) is 23.6. The van der Waals surface area contributed by atoms with E-state index in [-0.39, 0.29) is 89.6 Å². The summed E-state index contributed by atoms with van der Waals surface area (Å²) in [5.41, 5.74) is 16.5. The van der Waals surface area contributed by atoms with E-state index in [4.69, 9.17) is 11.5 Å². The minimum atomic E-state index is -0.637. The highest BCUT2D eigenvalue weighted by Crippen LogP contribution is 2.36. The van der Waals surface area contributed by atoms with Crippen LogP contribution in [0.25, 0.3) is 10.8 Å². The zero-order valence-electron chi connectivity index (χ0n) is 46.5. The first-order chi connectivity index (χ1) is 37.2. The van der Waals surface area contributed by atoms with Crippen molar-refractivity contribution < 1.29 is 28.8 Å². The third-order valence-electron chi connectivity index (χ3n) is 17.6. The van der Waals surface area contributed by atoms with Gasteiger partial charge in [0.05, 0.1) is 12.1 Å². The van der Waals surface area contributed by atoms with Crippen LogP contribution in [0.5, 0.6) is 0 Å². The van der Waals surface area contributed by atoms with E-state index in [9.17, 15) is 28.8 Å². The molecule has 4 aliphatic rings. The lowest BCUT2D eigenvalue weighted by atomic mass is 9.76. The largest absolute Gasteiger partial charge is 0.344 e. The van der Waals surface area contributed by atoms with E-state index < -0.39 is 12.0 Å². The molecule has 5 amide bonds. The van der Waals surface area contributed by atoms with E-state index in [2.05, 4.69) is 29.6 Å². The summed E-state index contributed by atoms with van der Waals surface area (Å²) in [6.07, 6.45) is 13.4. The van der Waals surface area contributed by atoms with Crippen molar-refractivity contribution in [2.75, 3.05) is 39.3 Å². The Balaban J connectivity index is 1.03. The summed E-state index contributed by atoms with van der Waals surface area (Å²) in [6, 6.07) is 29.6. The lowest BCUT2D eigenvalue weighted by Gasteiger charge is -2.37. The highest BCUT2D eigenvalue weighted by atomic mass is 16.2. The summed E-state index contributed by atoms with van der Waals surface area (Å²) in [4.78, 5) is 93.6. The molecule has 77 heavy (non-hydrogen) atoms. The van der Waals surface area contributed by atoms with Gasteiger partial charge in [0.2, 0.25) is 17.7 Å². The Morgan fingerprint density at radius 1 is 0.597 bits per heavy atom. The van der Waals surface area contributed by atoms with Crippen LogP contribution in [0.3, 0.4) is 0 Å². The number of likely N-dealkylation sites (tertiary alicyclic amines) is 2. The highest BCUT2D eigenvalue weighted by Gasteiger charge is 2.43. The minimum absolute atomic E-state index is 0.00239. The van der Waals surface area contributed by atoms with Crippen molar-refractivity contribution in [1.82, 2.24) is 24.9 Å². The SMILES string of the molecule is CC[C@@H](C)C(=O)N[C@H](C(=O)N1C[C@@H](N)C[C@H]1CN(CCc1ccccc1)C(=O)c1ccc2cc(C(=O)N(CCc3ccccc3)C[C@@H]3C[C@H](N)CN3C(=O)[C@@H](CC(=O)C(C)C)C3CCCCC3)ccc2c1)C1CCCCC1. The molecule has 0 bridgehead atoms. The van der Waals surface area contributed by atoms with Gasteiger partial charge in [0, 0.05) is 86.7 Å². The van der Waals surface area contributed by atoms with Crippen LogP contribution in [0, 0.1) is 29.6 Å². The number of carbonyl (C=O) groups excluding carboxylic acids is 6. The van der Waals surface area contributed by atoms with Gasteiger partial charge < -0.3 is 36.4 Å². The molecule has 4 aromatic carbocycles.